The molecule has 132 valence electrons. The Kier molecular flexibility index (Phi) is 6.42. The first-order chi connectivity index (χ1) is 11.8. The van der Waals surface area contributed by atoms with E-state index in [0.29, 0.717) is 16.5 Å². The van der Waals surface area contributed by atoms with Gasteiger partial charge in [0.1, 0.15) is 5.75 Å². The molecule has 2 aromatic rings. The molecule has 0 aliphatic rings. The minimum Gasteiger partial charge on any atom is -0.482 e. The van der Waals surface area contributed by atoms with Crippen LogP contribution < -0.4 is 10.1 Å². The SMILES string of the molecule is Cc1ccc(NC(=O)COC(=O)COc2ccc(Cl)c(C)c2)c(C)c1. The highest BCUT2D eigenvalue weighted by Gasteiger charge is 2.10. The van der Waals surface area contributed by atoms with E-state index >= 15 is 0 Å². The Morgan fingerprint density at radius 3 is 2.44 bits per heavy atom. The smallest absolute Gasteiger partial charge is 0.344 e. The Labute approximate surface area is 151 Å². The Hall–Kier alpha value is -2.53. The van der Waals surface area contributed by atoms with Crippen molar-refractivity contribution < 1.29 is 19.1 Å². The van der Waals surface area contributed by atoms with Crippen LogP contribution in [0, 0.1) is 20.8 Å². The van der Waals surface area contributed by atoms with Gasteiger partial charge in [0.15, 0.2) is 13.2 Å². The minimum absolute atomic E-state index is 0.280. The zero-order valence-electron chi connectivity index (χ0n) is 14.4. The number of hydrogen-bond acceptors (Lipinski definition) is 4. The van der Waals surface area contributed by atoms with Crippen LogP contribution in [0.1, 0.15) is 16.7 Å². The largest absolute Gasteiger partial charge is 0.482 e. The van der Waals surface area contributed by atoms with Gasteiger partial charge in [0.2, 0.25) is 0 Å². The summed E-state index contributed by atoms with van der Waals surface area (Å²) >= 11 is 5.92. The van der Waals surface area contributed by atoms with E-state index < -0.39 is 11.9 Å². The highest BCUT2D eigenvalue weighted by atomic mass is 35.5. The van der Waals surface area contributed by atoms with E-state index in [1.54, 1.807) is 18.2 Å². The van der Waals surface area contributed by atoms with Crippen molar-refractivity contribution in [2.75, 3.05) is 18.5 Å². The maximum atomic E-state index is 11.9. The van der Waals surface area contributed by atoms with E-state index in [0.717, 1.165) is 16.7 Å². The lowest BCUT2D eigenvalue weighted by Crippen LogP contribution is -2.24. The van der Waals surface area contributed by atoms with Gasteiger partial charge in [-0.3, -0.25) is 4.79 Å². The molecule has 0 aliphatic carbocycles. The van der Waals surface area contributed by atoms with E-state index in [4.69, 9.17) is 21.1 Å². The van der Waals surface area contributed by atoms with Crippen LogP contribution in [0.3, 0.4) is 0 Å². The summed E-state index contributed by atoms with van der Waals surface area (Å²) < 4.78 is 10.2. The average Bonchev–Trinajstić information content (AvgIpc) is 2.56. The molecule has 0 bridgehead atoms. The molecule has 6 heteroatoms. The van der Waals surface area contributed by atoms with Gasteiger partial charge in [-0.25, -0.2) is 4.79 Å². The third-order valence-electron chi connectivity index (χ3n) is 3.51. The molecule has 2 rings (SSSR count). The summed E-state index contributed by atoms with van der Waals surface area (Å²) in [5.41, 5.74) is 3.59. The van der Waals surface area contributed by atoms with Gasteiger partial charge in [0.25, 0.3) is 5.91 Å². The normalized spacial score (nSPS) is 10.2. The predicted octanol–water partition coefficient (Wildman–Crippen LogP) is 3.83. The van der Waals surface area contributed by atoms with Crippen LogP contribution in [-0.2, 0) is 14.3 Å². The highest BCUT2D eigenvalue weighted by molar-refractivity contribution is 6.31. The summed E-state index contributed by atoms with van der Waals surface area (Å²) in [5, 5.41) is 3.33. The van der Waals surface area contributed by atoms with E-state index in [1.165, 1.54) is 0 Å². The number of halogens is 1. The average molecular weight is 362 g/mol. The van der Waals surface area contributed by atoms with Gasteiger partial charge in [-0.15, -0.1) is 0 Å². The van der Waals surface area contributed by atoms with Gasteiger partial charge in [0, 0.05) is 10.7 Å². The fourth-order valence-electron chi connectivity index (χ4n) is 2.18. The molecular formula is C19H20ClNO4. The van der Waals surface area contributed by atoms with Crippen LogP contribution in [0.25, 0.3) is 0 Å². The van der Waals surface area contributed by atoms with Gasteiger partial charge in [-0.05, 0) is 56.2 Å². The number of rotatable bonds is 6. The lowest BCUT2D eigenvalue weighted by molar-refractivity contribution is -0.149. The van der Waals surface area contributed by atoms with Crippen molar-refractivity contribution in [1.29, 1.82) is 0 Å². The fourth-order valence-corrected chi connectivity index (χ4v) is 2.29. The van der Waals surface area contributed by atoms with Gasteiger partial charge < -0.3 is 14.8 Å². The summed E-state index contributed by atoms with van der Waals surface area (Å²) in [7, 11) is 0. The number of hydrogen-bond donors (Lipinski definition) is 1. The lowest BCUT2D eigenvalue weighted by atomic mass is 10.1. The second kappa shape index (κ2) is 8.53. The van der Waals surface area contributed by atoms with Gasteiger partial charge in [-0.2, -0.15) is 0 Å². The molecule has 0 radical (unpaired) electrons. The van der Waals surface area contributed by atoms with Crippen molar-refractivity contribution in [1.82, 2.24) is 0 Å². The number of ether oxygens (including phenoxy) is 2. The van der Waals surface area contributed by atoms with Crippen molar-refractivity contribution in [2.24, 2.45) is 0 Å². The van der Waals surface area contributed by atoms with Crippen LogP contribution in [0.2, 0.25) is 5.02 Å². The standard InChI is InChI=1S/C19H20ClNO4/c1-12-4-7-17(14(3)8-12)21-18(22)10-25-19(23)11-24-15-5-6-16(20)13(2)9-15/h4-9H,10-11H2,1-3H3,(H,21,22). The molecule has 0 aliphatic heterocycles. The quantitative estimate of drug-likeness (QED) is 0.794. The van der Waals surface area contributed by atoms with Crippen molar-refractivity contribution in [3.63, 3.8) is 0 Å². The zero-order valence-corrected chi connectivity index (χ0v) is 15.1. The molecule has 0 fully saturated rings. The molecule has 0 aromatic heterocycles. The first-order valence-electron chi connectivity index (χ1n) is 7.77. The number of aryl methyl sites for hydroxylation is 3. The van der Waals surface area contributed by atoms with Crippen molar-refractivity contribution in [3.05, 3.63) is 58.1 Å². The maximum Gasteiger partial charge on any atom is 0.344 e. The Morgan fingerprint density at radius 1 is 1.00 bits per heavy atom. The Morgan fingerprint density at radius 2 is 1.76 bits per heavy atom. The molecule has 0 spiro atoms. The van der Waals surface area contributed by atoms with Crippen molar-refractivity contribution in [2.45, 2.75) is 20.8 Å². The van der Waals surface area contributed by atoms with Gasteiger partial charge >= 0.3 is 5.97 Å². The predicted molar refractivity (Wildman–Crippen MR) is 97.2 cm³/mol. The Balaban J connectivity index is 1.77. The van der Waals surface area contributed by atoms with Crippen LogP contribution in [0.5, 0.6) is 5.75 Å². The summed E-state index contributed by atoms with van der Waals surface area (Å²) in [6.07, 6.45) is 0. The van der Waals surface area contributed by atoms with Crippen molar-refractivity contribution >= 4 is 29.2 Å². The van der Waals surface area contributed by atoms with E-state index in [9.17, 15) is 9.59 Å². The maximum absolute atomic E-state index is 11.9. The lowest BCUT2D eigenvalue weighted by Gasteiger charge is -2.10. The second-order valence-corrected chi connectivity index (χ2v) is 6.13. The van der Waals surface area contributed by atoms with Gasteiger partial charge in [0.05, 0.1) is 0 Å². The van der Waals surface area contributed by atoms with Crippen LogP contribution >= 0.6 is 11.6 Å². The third-order valence-corrected chi connectivity index (χ3v) is 3.93. The summed E-state index contributed by atoms with van der Waals surface area (Å²) in [5.74, 6) is -0.510. The highest BCUT2D eigenvalue weighted by Crippen LogP contribution is 2.21. The molecule has 2 aromatic carbocycles. The topological polar surface area (TPSA) is 64.6 Å². The molecule has 0 saturated heterocycles. The van der Waals surface area contributed by atoms with E-state index in [1.807, 2.05) is 39.0 Å². The van der Waals surface area contributed by atoms with E-state index in [2.05, 4.69) is 5.32 Å². The number of benzene rings is 2. The zero-order chi connectivity index (χ0) is 18.4. The summed E-state index contributed by atoms with van der Waals surface area (Å²) in [6.45, 7) is 5.07. The number of anilines is 1. The number of esters is 1. The summed E-state index contributed by atoms with van der Waals surface area (Å²) in [6, 6.07) is 10.8. The first-order valence-corrected chi connectivity index (χ1v) is 8.14. The third kappa shape index (κ3) is 5.80. The number of nitrogens with one attached hydrogen (secondary N) is 1. The molecule has 25 heavy (non-hydrogen) atoms. The van der Waals surface area contributed by atoms with Crippen LogP contribution in [0.15, 0.2) is 36.4 Å². The van der Waals surface area contributed by atoms with Gasteiger partial charge in [-0.1, -0.05) is 29.3 Å². The number of amides is 1. The van der Waals surface area contributed by atoms with E-state index in [-0.39, 0.29) is 13.2 Å². The molecule has 0 heterocycles. The summed E-state index contributed by atoms with van der Waals surface area (Å²) in [4.78, 5) is 23.6. The molecule has 1 amide bonds. The molecule has 0 saturated carbocycles. The number of carbonyl (C=O) groups excluding carboxylic acids is 2. The van der Waals surface area contributed by atoms with Crippen LogP contribution in [0.4, 0.5) is 5.69 Å². The second-order valence-electron chi connectivity index (χ2n) is 5.73. The van der Waals surface area contributed by atoms with Crippen LogP contribution in [-0.4, -0.2) is 25.1 Å². The monoisotopic (exact) mass is 361 g/mol. The number of carbonyl (C=O) groups is 2. The molecule has 0 atom stereocenters. The molecule has 5 nitrogen and oxygen atoms in total. The van der Waals surface area contributed by atoms with Crippen molar-refractivity contribution in [3.8, 4) is 5.75 Å². The molecule has 0 unspecified atom stereocenters. The molecular weight excluding hydrogens is 342 g/mol. The first kappa shape index (κ1) is 18.8. The Bertz CT molecular complexity index is 789. The molecule has 1 N–H and O–H groups in total. The minimum atomic E-state index is -0.622. The fraction of sp³-hybridized carbons (Fsp3) is 0.263.